The maximum absolute atomic E-state index is 13.2. The van der Waals surface area contributed by atoms with E-state index >= 15 is 0 Å². The van der Waals surface area contributed by atoms with Crippen molar-refractivity contribution in [2.45, 2.75) is 19.4 Å². The number of anilines is 2. The van der Waals surface area contributed by atoms with Gasteiger partial charge in [0.25, 0.3) is 5.91 Å². The first-order valence-electron chi connectivity index (χ1n) is 10.1. The number of benzene rings is 1. The molecule has 164 valence electrons. The summed E-state index contributed by atoms with van der Waals surface area (Å²) in [6, 6.07) is 7.27. The van der Waals surface area contributed by atoms with Crippen LogP contribution in [0.3, 0.4) is 0 Å². The summed E-state index contributed by atoms with van der Waals surface area (Å²) in [5.41, 5.74) is 1.87. The second-order valence-corrected chi connectivity index (χ2v) is 8.83. The Morgan fingerprint density at radius 1 is 1.22 bits per heavy atom. The van der Waals surface area contributed by atoms with Crippen molar-refractivity contribution in [1.82, 2.24) is 9.88 Å². The first-order chi connectivity index (χ1) is 15.5. The molecule has 1 saturated heterocycles. The van der Waals surface area contributed by atoms with Crippen molar-refractivity contribution in [1.29, 1.82) is 0 Å². The molecule has 0 bridgehead atoms. The number of furan rings is 1. The van der Waals surface area contributed by atoms with E-state index in [1.54, 1.807) is 23.1 Å². The molecule has 10 heteroatoms. The molecule has 2 aliphatic rings. The van der Waals surface area contributed by atoms with Crippen LogP contribution in [0.15, 0.2) is 47.3 Å². The average Bonchev–Trinajstić information content (AvgIpc) is 3.53. The molecule has 2 aromatic heterocycles. The van der Waals surface area contributed by atoms with Gasteiger partial charge in [0.05, 0.1) is 30.0 Å². The molecule has 8 nitrogen and oxygen atoms in total. The molecule has 3 aromatic rings. The smallest absolute Gasteiger partial charge is 0.260 e. The number of carbonyl (C=O) groups is 3. The highest BCUT2D eigenvalue weighted by atomic mass is 32.1. The fraction of sp³-hybridized carbons (Fsp3) is 0.273. The fourth-order valence-corrected chi connectivity index (χ4v) is 5.02. The Labute approximate surface area is 186 Å². The van der Waals surface area contributed by atoms with E-state index in [0.29, 0.717) is 35.9 Å². The summed E-state index contributed by atoms with van der Waals surface area (Å²) in [7, 11) is 0. The highest BCUT2D eigenvalue weighted by Crippen LogP contribution is 2.31. The van der Waals surface area contributed by atoms with E-state index in [9.17, 15) is 18.8 Å². The predicted octanol–water partition coefficient (Wildman–Crippen LogP) is 3.07. The SMILES string of the molecule is O=C(Nc1nc2c(s1)CN(C(=O)C1CC(=O)N(c3ccc(F)cc3)C1)CC2)c1ccoc1. The minimum atomic E-state index is -0.442. The number of hydrogen-bond acceptors (Lipinski definition) is 6. The predicted molar refractivity (Wildman–Crippen MR) is 115 cm³/mol. The lowest BCUT2D eigenvalue weighted by atomic mass is 10.1. The highest BCUT2D eigenvalue weighted by molar-refractivity contribution is 7.15. The summed E-state index contributed by atoms with van der Waals surface area (Å²) >= 11 is 1.34. The van der Waals surface area contributed by atoms with Gasteiger partial charge in [0, 0.05) is 36.5 Å². The Kier molecular flexibility index (Phi) is 5.22. The molecule has 0 spiro atoms. The lowest BCUT2D eigenvalue weighted by Crippen LogP contribution is -2.40. The van der Waals surface area contributed by atoms with E-state index in [2.05, 4.69) is 10.3 Å². The number of aromatic nitrogens is 1. The molecular weight excluding hydrogens is 435 g/mol. The van der Waals surface area contributed by atoms with Crippen LogP contribution in [-0.2, 0) is 22.6 Å². The molecule has 1 N–H and O–H groups in total. The molecule has 1 unspecified atom stereocenters. The summed E-state index contributed by atoms with van der Waals surface area (Å²) in [5, 5.41) is 3.24. The van der Waals surface area contributed by atoms with Gasteiger partial charge in [0.2, 0.25) is 11.8 Å². The van der Waals surface area contributed by atoms with Crippen molar-refractivity contribution >= 4 is 39.9 Å². The second kappa shape index (κ2) is 8.19. The van der Waals surface area contributed by atoms with E-state index in [4.69, 9.17) is 4.42 Å². The Balaban J connectivity index is 1.24. The van der Waals surface area contributed by atoms with Gasteiger partial charge >= 0.3 is 0 Å². The number of fused-ring (bicyclic) bond motifs is 1. The van der Waals surface area contributed by atoms with Gasteiger partial charge in [0.15, 0.2) is 5.13 Å². The number of carbonyl (C=O) groups excluding carboxylic acids is 3. The van der Waals surface area contributed by atoms with Crippen molar-refractivity contribution < 1.29 is 23.2 Å². The Bertz CT molecular complexity index is 1180. The molecule has 1 aromatic carbocycles. The summed E-state index contributed by atoms with van der Waals surface area (Å²) in [4.78, 5) is 46.5. The van der Waals surface area contributed by atoms with E-state index in [-0.39, 0.29) is 36.5 Å². The topological polar surface area (TPSA) is 95.8 Å². The average molecular weight is 454 g/mol. The Morgan fingerprint density at radius 3 is 2.78 bits per heavy atom. The zero-order chi connectivity index (χ0) is 22.2. The van der Waals surface area contributed by atoms with Gasteiger partial charge in [-0.3, -0.25) is 19.7 Å². The fourth-order valence-electron chi connectivity index (χ4n) is 4.00. The van der Waals surface area contributed by atoms with Gasteiger partial charge in [0.1, 0.15) is 12.1 Å². The van der Waals surface area contributed by atoms with Crippen LogP contribution in [-0.4, -0.2) is 40.7 Å². The third kappa shape index (κ3) is 3.89. The minimum absolute atomic E-state index is 0.0778. The first-order valence-corrected chi connectivity index (χ1v) is 11.0. The third-order valence-corrected chi connectivity index (χ3v) is 6.66. The lowest BCUT2D eigenvalue weighted by Gasteiger charge is -2.28. The molecule has 5 rings (SSSR count). The molecule has 0 saturated carbocycles. The quantitative estimate of drug-likeness (QED) is 0.654. The molecule has 0 aliphatic carbocycles. The maximum atomic E-state index is 13.2. The normalized spacial score (nSPS) is 18.0. The molecule has 2 aliphatic heterocycles. The number of rotatable bonds is 4. The highest BCUT2D eigenvalue weighted by Gasteiger charge is 2.38. The van der Waals surface area contributed by atoms with E-state index in [1.807, 2.05) is 0 Å². The van der Waals surface area contributed by atoms with E-state index in [1.165, 1.54) is 40.9 Å². The van der Waals surface area contributed by atoms with Crippen LogP contribution in [0.5, 0.6) is 0 Å². The standard InChI is InChI=1S/C22H19FN4O4S/c23-15-1-3-16(4-2-15)27-10-14(9-19(27)28)21(30)26-7-5-17-18(11-26)32-22(24-17)25-20(29)13-6-8-31-12-13/h1-4,6,8,12,14H,5,7,9-11H2,(H,24,25,29). The second-order valence-electron chi connectivity index (χ2n) is 7.75. The zero-order valence-corrected chi connectivity index (χ0v) is 17.7. The summed E-state index contributed by atoms with van der Waals surface area (Å²) < 4.78 is 18.1. The molecule has 4 heterocycles. The zero-order valence-electron chi connectivity index (χ0n) is 16.9. The molecular formula is C22H19FN4O4S. The van der Waals surface area contributed by atoms with Gasteiger partial charge in [-0.15, -0.1) is 0 Å². The number of nitrogens with one attached hydrogen (secondary N) is 1. The van der Waals surface area contributed by atoms with Crippen LogP contribution in [0, 0.1) is 11.7 Å². The number of thiazole rings is 1. The third-order valence-electron chi connectivity index (χ3n) is 5.66. The monoisotopic (exact) mass is 454 g/mol. The minimum Gasteiger partial charge on any atom is -0.472 e. The van der Waals surface area contributed by atoms with Crippen molar-refractivity contribution in [3.63, 3.8) is 0 Å². The van der Waals surface area contributed by atoms with Crippen molar-refractivity contribution in [3.05, 3.63) is 64.8 Å². The van der Waals surface area contributed by atoms with Gasteiger partial charge in [-0.05, 0) is 30.3 Å². The van der Waals surface area contributed by atoms with Gasteiger partial charge in [-0.25, -0.2) is 9.37 Å². The summed E-state index contributed by atoms with van der Waals surface area (Å²) in [5.74, 6) is -1.34. The first kappa shape index (κ1) is 20.4. The summed E-state index contributed by atoms with van der Waals surface area (Å²) in [6.07, 6.45) is 3.51. The largest absolute Gasteiger partial charge is 0.472 e. The lowest BCUT2D eigenvalue weighted by molar-refractivity contribution is -0.136. The van der Waals surface area contributed by atoms with Crippen molar-refractivity contribution in [2.24, 2.45) is 5.92 Å². The molecule has 1 atom stereocenters. The van der Waals surface area contributed by atoms with Crippen LogP contribution in [0.4, 0.5) is 15.2 Å². The number of nitrogens with zero attached hydrogens (tertiary/aromatic N) is 3. The molecule has 32 heavy (non-hydrogen) atoms. The van der Waals surface area contributed by atoms with E-state index < -0.39 is 5.92 Å². The summed E-state index contributed by atoms with van der Waals surface area (Å²) in [6.45, 7) is 1.18. The number of halogens is 1. The van der Waals surface area contributed by atoms with Crippen LogP contribution in [0.2, 0.25) is 0 Å². The Hall–Kier alpha value is -3.53. The van der Waals surface area contributed by atoms with Gasteiger partial charge < -0.3 is 14.2 Å². The van der Waals surface area contributed by atoms with E-state index in [0.717, 1.165) is 10.6 Å². The molecule has 1 fully saturated rings. The molecule has 0 radical (unpaired) electrons. The molecule has 3 amide bonds. The van der Waals surface area contributed by atoms with Gasteiger partial charge in [-0.1, -0.05) is 11.3 Å². The van der Waals surface area contributed by atoms with Crippen LogP contribution in [0.25, 0.3) is 0 Å². The van der Waals surface area contributed by atoms with Crippen molar-refractivity contribution in [3.8, 4) is 0 Å². The van der Waals surface area contributed by atoms with Gasteiger partial charge in [-0.2, -0.15) is 0 Å². The maximum Gasteiger partial charge on any atom is 0.260 e. The van der Waals surface area contributed by atoms with Crippen LogP contribution < -0.4 is 10.2 Å². The van der Waals surface area contributed by atoms with Crippen LogP contribution in [0.1, 0.15) is 27.3 Å². The van der Waals surface area contributed by atoms with Crippen LogP contribution >= 0.6 is 11.3 Å². The number of hydrogen-bond donors (Lipinski definition) is 1. The Morgan fingerprint density at radius 2 is 2.03 bits per heavy atom. The number of amides is 3. The van der Waals surface area contributed by atoms with Crippen molar-refractivity contribution in [2.75, 3.05) is 23.3 Å².